The number of nitrogens with zero attached hydrogens (tertiary/aromatic N) is 2. The van der Waals surface area contributed by atoms with Crippen LogP contribution in [-0.2, 0) is 14.3 Å². The number of halogens is 1. The van der Waals surface area contributed by atoms with Crippen molar-refractivity contribution in [1.29, 1.82) is 0 Å². The summed E-state index contributed by atoms with van der Waals surface area (Å²) in [5.41, 5.74) is 1.69. The Bertz CT molecular complexity index is 1390. The van der Waals surface area contributed by atoms with E-state index in [1.807, 2.05) is 13.8 Å². The van der Waals surface area contributed by atoms with Gasteiger partial charge in [0.1, 0.15) is 17.8 Å². The zero-order valence-corrected chi connectivity index (χ0v) is 21.7. The molecule has 1 fully saturated rings. The van der Waals surface area contributed by atoms with Gasteiger partial charge in [0, 0.05) is 13.1 Å². The normalized spacial score (nSPS) is 20.5. The number of carbonyl (C=O) groups is 3. The van der Waals surface area contributed by atoms with Gasteiger partial charge in [-0.3, -0.25) is 9.36 Å². The number of amides is 1. The van der Waals surface area contributed by atoms with Crippen molar-refractivity contribution in [1.82, 2.24) is 9.55 Å². The third-order valence-electron chi connectivity index (χ3n) is 5.87. The van der Waals surface area contributed by atoms with E-state index in [1.54, 1.807) is 48.5 Å². The fourth-order valence-electron chi connectivity index (χ4n) is 3.86. The van der Waals surface area contributed by atoms with Crippen LogP contribution in [0.1, 0.15) is 44.1 Å². The molecule has 3 aromatic rings. The van der Waals surface area contributed by atoms with Crippen molar-refractivity contribution in [3.05, 3.63) is 93.5 Å². The molecule has 38 heavy (non-hydrogen) atoms. The third-order valence-corrected chi connectivity index (χ3v) is 7.39. The molecule has 0 spiro atoms. The van der Waals surface area contributed by atoms with Crippen LogP contribution >= 0.6 is 11.8 Å². The van der Waals surface area contributed by atoms with Crippen molar-refractivity contribution >= 4 is 35.4 Å². The number of nitrogens with one attached hydrogen (secondary N) is 1. The molecule has 4 atom stereocenters. The van der Waals surface area contributed by atoms with Crippen LogP contribution in [0.25, 0.3) is 0 Å². The largest absolute Gasteiger partial charge is 0.461 e. The second-order valence-corrected chi connectivity index (χ2v) is 10.3. The van der Waals surface area contributed by atoms with Crippen LogP contribution < -0.4 is 11.0 Å². The molecule has 1 aliphatic rings. The topological polar surface area (TPSA) is 117 Å². The molecule has 2 heterocycles. The summed E-state index contributed by atoms with van der Waals surface area (Å²) in [7, 11) is 0. The van der Waals surface area contributed by atoms with Crippen LogP contribution in [0.2, 0.25) is 0 Å². The molecule has 2 aromatic carbocycles. The fraction of sp³-hybridized carbons (Fsp3) is 0.296. The van der Waals surface area contributed by atoms with Crippen molar-refractivity contribution in [2.45, 2.75) is 43.7 Å². The molecule has 1 unspecified atom stereocenters. The van der Waals surface area contributed by atoms with Gasteiger partial charge in [-0.05, 0) is 44.2 Å². The lowest BCUT2D eigenvalue weighted by atomic mass is 10.1. The summed E-state index contributed by atoms with van der Waals surface area (Å²) in [6.07, 6.45) is -1.82. The highest BCUT2D eigenvalue weighted by atomic mass is 32.2. The zero-order valence-electron chi connectivity index (χ0n) is 20.9. The van der Waals surface area contributed by atoms with Gasteiger partial charge in [0.15, 0.2) is 12.3 Å². The van der Waals surface area contributed by atoms with Crippen molar-refractivity contribution in [3.8, 4) is 0 Å². The second kappa shape index (κ2) is 11.6. The predicted molar refractivity (Wildman–Crippen MR) is 140 cm³/mol. The van der Waals surface area contributed by atoms with E-state index in [4.69, 9.17) is 9.47 Å². The highest BCUT2D eigenvalue weighted by Gasteiger charge is 2.49. The van der Waals surface area contributed by atoms with Crippen molar-refractivity contribution in [2.24, 2.45) is 0 Å². The zero-order chi connectivity index (χ0) is 27.4. The number of ether oxygens (including phenoxy) is 2. The molecule has 1 saturated heterocycles. The molecule has 0 saturated carbocycles. The average molecular weight is 540 g/mol. The van der Waals surface area contributed by atoms with E-state index in [-0.39, 0.29) is 18.0 Å². The third kappa shape index (κ3) is 6.28. The van der Waals surface area contributed by atoms with E-state index in [1.165, 1.54) is 19.2 Å². The predicted octanol–water partition coefficient (Wildman–Crippen LogP) is 3.85. The molecule has 1 aliphatic heterocycles. The quantitative estimate of drug-likeness (QED) is 0.450. The first-order valence-electron chi connectivity index (χ1n) is 11.8. The number of alkyl halides is 1. The smallest absolute Gasteiger partial charge is 0.350 e. The van der Waals surface area contributed by atoms with Gasteiger partial charge in [-0.15, -0.1) is 11.8 Å². The molecule has 1 aromatic heterocycles. The average Bonchev–Trinajstić information content (AvgIpc) is 3.17. The molecule has 0 radical (unpaired) electrons. The molecular formula is C27H26FN3O6S. The van der Waals surface area contributed by atoms with Gasteiger partial charge >= 0.3 is 17.6 Å². The number of carbonyl (C=O) groups excluding carboxylic acids is 3. The lowest BCUT2D eigenvalue weighted by Crippen LogP contribution is -2.37. The molecule has 1 amide bonds. The highest BCUT2D eigenvalue weighted by molar-refractivity contribution is 8.00. The summed E-state index contributed by atoms with van der Waals surface area (Å²) >= 11 is 0.999. The van der Waals surface area contributed by atoms with Crippen molar-refractivity contribution in [3.63, 3.8) is 0 Å². The fourth-order valence-corrected chi connectivity index (χ4v) is 5.32. The number of aromatic nitrogens is 2. The summed E-state index contributed by atoms with van der Waals surface area (Å²) in [6.45, 7) is 4.77. The first-order chi connectivity index (χ1) is 18.1. The molecule has 0 aliphatic carbocycles. The van der Waals surface area contributed by atoms with Crippen LogP contribution in [0.3, 0.4) is 0 Å². The van der Waals surface area contributed by atoms with Gasteiger partial charge < -0.3 is 14.8 Å². The lowest BCUT2D eigenvalue weighted by molar-refractivity contribution is -0.114. The molecule has 0 bridgehead atoms. The summed E-state index contributed by atoms with van der Waals surface area (Å²) in [5, 5.41) is 0.486. The second-order valence-electron chi connectivity index (χ2n) is 8.89. The highest BCUT2D eigenvalue weighted by Crippen LogP contribution is 2.45. The minimum absolute atomic E-state index is 0.0306. The molecular weight excluding hydrogens is 513 g/mol. The first kappa shape index (κ1) is 27.1. The van der Waals surface area contributed by atoms with Gasteiger partial charge in [0.05, 0.1) is 16.4 Å². The molecule has 198 valence electrons. The number of thioether (sulfide) groups is 1. The van der Waals surface area contributed by atoms with E-state index >= 15 is 4.39 Å². The number of rotatable bonds is 7. The number of esters is 2. The van der Waals surface area contributed by atoms with E-state index < -0.39 is 46.4 Å². The summed E-state index contributed by atoms with van der Waals surface area (Å²) < 4.78 is 27.9. The molecule has 4 rings (SSSR count). The Morgan fingerprint density at radius 2 is 1.55 bits per heavy atom. The number of aryl methyl sites for hydroxylation is 2. The number of benzene rings is 2. The number of hydrogen-bond acceptors (Lipinski definition) is 8. The minimum Gasteiger partial charge on any atom is -0.461 e. The first-order valence-corrected chi connectivity index (χ1v) is 12.7. The molecule has 11 heteroatoms. The van der Waals surface area contributed by atoms with Crippen molar-refractivity contribution in [2.75, 3.05) is 11.9 Å². The van der Waals surface area contributed by atoms with Gasteiger partial charge in [-0.1, -0.05) is 35.4 Å². The lowest BCUT2D eigenvalue weighted by Gasteiger charge is -2.21. The van der Waals surface area contributed by atoms with Crippen LogP contribution in [-0.4, -0.2) is 51.5 Å². The van der Waals surface area contributed by atoms with Gasteiger partial charge in [0.2, 0.25) is 5.91 Å². The maximum Gasteiger partial charge on any atom is 0.350 e. The Labute approximate surface area is 222 Å². The monoisotopic (exact) mass is 539 g/mol. The van der Waals surface area contributed by atoms with Gasteiger partial charge in [0.25, 0.3) is 0 Å². The van der Waals surface area contributed by atoms with Gasteiger partial charge in [-0.25, -0.2) is 18.8 Å². The van der Waals surface area contributed by atoms with Crippen molar-refractivity contribution < 1.29 is 28.2 Å². The van der Waals surface area contributed by atoms with E-state index in [0.29, 0.717) is 5.56 Å². The minimum atomic E-state index is -1.82. The van der Waals surface area contributed by atoms with Crippen LogP contribution in [0.4, 0.5) is 10.2 Å². The van der Waals surface area contributed by atoms with Crippen LogP contribution in [0, 0.1) is 13.8 Å². The van der Waals surface area contributed by atoms with E-state index in [2.05, 4.69) is 10.3 Å². The Morgan fingerprint density at radius 3 is 2.11 bits per heavy atom. The SMILES string of the molecule is CC(=O)Nc1ccn([C@@H]2SC(COC(=O)c3ccc(C)cc3)[C@@H](OC(=O)c3ccc(C)cc3)[C@@H]2F)c(=O)n1. The summed E-state index contributed by atoms with van der Waals surface area (Å²) in [5.74, 6) is -1.72. The summed E-state index contributed by atoms with van der Waals surface area (Å²) in [4.78, 5) is 53.1. The molecule has 9 nitrogen and oxygen atoms in total. The van der Waals surface area contributed by atoms with Crippen LogP contribution in [0.5, 0.6) is 0 Å². The number of anilines is 1. The molecule has 1 N–H and O–H groups in total. The maximum absolute atomic E-state index is 15.8. The maximum atomic E-state index is 15.8. The van der Waals surface area contributed by atoms with Crippen LogP contribution in [0.15, 0.2) is 65.6 Å². The Hall–Kier alpha value is -3.99. The standard InChI is InChI=1S/C27H26FN3O6S/c1-15-4-8-18(9-5-15)25(33)36-14-20-23(37-26(34)19-10-6-16(2)7-11-19)22(28)24(38-20)31-13-12-21(29-17(3)32)30-27(31)35/h4-13,20,22-24H,14H2,1-3H3,(H,29,30,32,35)/t20?,22-,23+,24+/m0/s1. The Kier molecular flexibility index (Phi) is 8.26. The summed E-state index contributed by atoms with van der Waals surface area (Å²) in [6, 6.07) is 14.8. The Morgan fingerprint density at radius 1 is 0.974 bits per heavy atom. The van der Waals surface area contributed by atoms with E-state index in [9.17, 15) is 19.2 Å². The number of hydrogen-bond donors (Lipinski definition) is 1. The Balaban J connectivity index is 1.56. The van der Waals surface area contributed by atoms with Gasteiger partial charge in [-0.2, -0.15) is 4.98 Å². The van der Waals surface area contributed by atoms with E-state index in [0.717, 1.165) is 27.5 Å².